The molecule has 0 N–H and O–H groups in total. The molecule has 0 saturated heterocycles. The maximum Gasteiger partial charge on any atom is 3.00 e. The van der Waals surface area contributed by atoms with Crippen molar-refractivity contribution >= 4 is 131 Å². The van der Waals surface area contributed by atoms with Crippen LogP contribution >= 0.6 is 63.1 Å². The van der Waals surface area contributed by atoms with Gasteiger partial charge in [0.25, 0.3) is 0 Å². The Morgan fingerprint density at radius 3 is 0.481 bits per heavy atom. The first-order valence-electron chi connectivity index (χ1n) is 5.39. The number of carboxylic acids is 5. The summed E-state index contributed by atoms with van der Waals surface area (Å²) in [4.78, 5) is 45.9. The molecular weight excluding hydrogens is 677 g/mol. The van der Waals surface area contributed by atoms with E-state index < -0.39 is 29.8 Å². The van der Waals surface area contributed by atoms with Crippen LogP contribution in [-0.2, 0) is 46.4 Å². The Bertz CT molecular complexity index is 308. The van der Waals surface area contributed by atoms with Crippen LogP contribution in [0.15, 0.2) is 0 Å². The van der Waals surface area contributed by atoms with Crippen LogP contribution in [0.4, 0.5) is 0 Å². The van der Waals surface area contributed by atoms with E-state index in [1.54, 1.807) is 0 Å². The van der Waals surface area contributed by atoms with Gasteiger partial charge in [-0.3, -0.25) is 0 Å². The molecule has 0 aliphatic carbocycles. The molecule has 0 aliphatic rings. The molecule has 0 aliphatic heterocycles. The number of hydrogen-bond acceptors (Lipinski definition) is 15. The van der Waals surface area contributed by atoms with Crippen LogP contribution in [0.5, 0.6) is 0 Å². The number of carboxylic acid groups (broad SMARTS) is 5. The van der Waals surface area contributed by atoms with E-state index in [1.807, 2.05) is 0 Å². The third kappa shape index (κ3) is 139. The summed E-state index contributed by atoms with van der Waals surface area (Å²) in [5, 5.41) is 45.9. The molecule has 0 bridgehead atoms. The van der Waals surface area contributed by atoms with Crippen molar-refractivity contribution < 1.29 is 71.9 Å². The Balaban J connectivity index is -0.0000000364. The van der Waals surface area contributed by atoms with Crippen LogP contribution < -0.4 is 25.5 Å². The van der Waals surface area contributed by atoms with Crippen molar-refractivity contribution in [2.24, 2.45) is 0 Å². The Kier molecular flexibility index (Phi) is 71.2. The molecule has 0 atom stereocenters. The molecule has 0 saturated carbocycles. The first kappa shape index (κ1) is 46.4. The van der Waals surface area contributed by atoms with Crippen molar-refractivity contribution in [1.29, 1.82) is 0 Å². The molecule has 0 heterocycles. The molecule has 0 radical (unpaired) electrons. The van der Waals surface area contributed by atoms with E-state index in [9.17, 15) is 49.5 Å². The number of thiol groups is 5. The molecule has 10 nitrogen and oxygen atoms in total. The minimum Gasteiger partial charge on any atom is -0.549 e. The van der Waals surface area contributed by atoms with E-state index in [4.69, 9.17) is 0 Å². The predicted octanol–water partition coefficient (Wildman–Crippen LogP) is -7.05. The molecule has 0 unspecified atom stereocenters. The van der Waals surface area contributed by atoms with Gasteiger partial charge in [0, 0.05) is 28.8 Å². The summed E-state index contributed by atoms with van der Waals surface area (Å²) in [6.07, 6.45) is 0. The van der Waals surface area contributed by atoms with Gasteiger partial charge < -0.3 is 49.5 Å². The SMILES string of the molecule is O=C([O-])CS.O=C([O-])CS.O=C([O-])CS.O=C([O-])CS.O=C([O-])CS.[Au+3].[Ca+2]. The molecule has 0 fully saturated rings. The quantitative estimate of drug-likeness (QED) is 0.136. The summed E-state index contributed by atoms with van der Waals surface area (Å²) >= 11 is 16.8. The van der Waals surface area contributed by atoms with Gasteiger partial charge in [0.05, 0.1) is 29.8 Å². The van der Waals surface area contributed by atoms with Gasteiger partial charge in [-0.1, -0.05) is 0 Å². The summed E-state index contributed by atoms with van der Waals surface area (Å²) in [5.41, 5.74) is 0. The van der Waals surface area contributed by atoms with Gasteiger partial charge in [-0.15, -0.1) is 0 Å². The van der Waals surface area contributed by atoms with Crippen LogP contribution in [0.2, 0.25) is 0 Å². The summed E-state index contributed by atoms with van der Waals surface area (Å²) in [6, 6.07) is 0. The smallest absolute Gasteiger partial charge is 0.549 e. The molecular formula is C10H15AuCaO10S5. The summed E-state index contributed by atoms with van der Waals surface area (Å²) < 4.78 is 0. The first-order chi connectivity index (χ1) is 11.4. The monoisotopic (exact) mass is 692 g/mol. The fraction of sp³-hybridized carbons (Fsp3) is 0.500. The van der Waals surface area contributed by atoms with E-state index in [2.05, 4.69) is 63.1 Å². The Morgan fingerprint density at radius 1 is 0.444 bits per heavy atom. The average Bonchev–Trinajstić information content (AvgIpc) is 2.56. The van der Waals surface area contributed by atoms with E-state index in [0.29, 0.717) is 0 Å². The molecule has 0 aromatic carbocycles. The van der Waals surface area contributed by atoms with Crippen LogP contribution in [0, 0.1) is 0 Å². The largest absolute Gasteiger partial charge is 3.00 e. The predicted molar refractivity (Wildman–Crippen MR) is 100 cm³/mol. The first-order valence-corrected chi connectivity index (χ1v) is 8.55. The van der Waals surface area contributed by atoms with Crippen LogP contribution in [0.3, 0.4) is 0 Å². The average molecular weight is 693 g/mol. The van der Waals surface area contributed by atoms with E-state index in [0.717, 1.165) is 0 Å². The zero-order valence-corrected chi connectivity index (χ0v) is 22.2. The van der Waals surface area contributed by atoms with Crippen LogP contribution in [-0.4, -0.2) is 96.3 Å². The molecule has 27 heavy (non-hydrogen) atoms. The van der Waals surface area contributed by atoms with E-state index >= 15 is 0 Å². The van der Waals surface area contributed by atoms with Crippen molar-refractivity contribution in [3.05, 3.63) is 0 Å². The normalized spacial score (nSPS) is 6.85. The summed E-state index contributed by atoms with van der Waals surface area (Å²) in [6.45, 7) is 0. The molecule has 0 aromatic rings. The third-order valence-electron chi connectivity index (χ3n) is 0.645. The third-order valence-corrected chi connectivity index (χ3v) is 1.94. The minimum absolute atomic E-state index is 0. The van der Waals surface area contributed by atoms with Gasteiger partial charge in [-0.25, -0.2) is 0 Å². The standard InChI is InChI=1S/5C2H4O2S.Au.Ca/c5*3-2(4)1-5;;/h5*5H,1H2,(H,3,4);;/q;;;;;+3;+2/p-5. The number of aliphatic carboxylic acids is 5. The van der Waals surface area contributed by atoms with Gasteiger partial charge in [-0.2, -0.15) is 63.1 Å². The molecule has 0 rings (SSSR count). The zero-order valence-electron chi connectivity index (χ0n) is 13.4. The number of carbonyl (C=O) groups excluding carboxylic acids is 5. The van der Waals surface area contributed by atoms with E-state index in [-0.39, 0.29) is 88.9 Å². The Labute approximate surface area is 228 Å². The minimum atomic E-state index is -1.13. The molecule has 0 spiro atoms. The van der Waals surface area contributed by atoms with Gasteiger partial charge in [-0.05, 0) is 0 Å². The van der Waals surface area contributed by atoms with Gasteiger partial charge in [0.2, 0.25) is 0 Å². The summed E-state index contributed by atoms with van der Waals surface area (Å²) in [7, 11) is 0. The summed E-state index contributed by atoms with van der Waals surface area (Å²) in [5.74, 6) is -6.63. The number of hydrogen-bond donors (Lipinski definition) is 5. The molecule has 0 amide bonds. The maximum absolute atomic E-state index is 9.18. The van der Waals surface area contributed by atoms with E-state index in [1.165, 1.54) is 0 Å². The fourth-order valence-corrected chi connectivity index (χ4v) is 0. The Morgan fingerprint density at radius 2 is 0.481 bits per heavy atom. The topological polar surface area (TPSA) is 201 Å². The van der Waals surface area contributed by atoms with Crippen molar-refractivity contribution in [2.45, 2.75) is 0 Å². The van der Waals surface area contributed by atoms with Gasteiger partial charge in [0.1, 0.15) is 0 Å². The van der Waals surface area contributed by atoms with Crippen molar-refractivity contribution in [3.63, 3.8) is 0 Å². The maximum atomic E-state index is 9.18. The van der Waals surface area contributed by atoms with Crippen molar-refractivity contribution in [1.82, 2.24) is 0 Å². The number of carbonyl (C=O) groups is 5. The van der Waals surface area contributed by atoms with Crippen molar-refractivity contribution in [3.8, 4) is 0 Å². The molecule has 0 aromatic heterocycles. The Hall–Kier alpha value is 1.10. The van der Waals surface area contributed by atoms with Crippen LogP contribution in [0.1, 0.15) is 0 Å². The number of rotatable bonds is 5. The zero-order chi connectivity index (χ0) is 21.4. The fourth-order valence-electron chi connectivity index (χ4n) is 0. The van der Waals surface area contributed by atoms with Crippen molar-refractivity contribution in [2.75, 3.05) is 28.8 Å². The van der Waals surface area contributed by atoms with Crippen LogP contribution in [0.25, 0.3) is 0 Å². The second-order valence-electron chi connectivity index (χ2n) is 2.65. The van der Waals surface area contributed by atoms with Gasteiger partial charge in [0.15, 0.2) is 0 Å². The second kappa shape index (κ2) is 41.5. The second-order valence-corrected chi connectivity index (χ2v) is 4.23. The molecule has 158 valence electrons. The van der Waals surface area contributed by atoms with Gasteiger partial charge >= 0.3 is 60.1 Å². The molecule has 17 heteroatoms.